The fourth-order valence-corrected chi connectivity index (χ4v) is 1.53. The van der Waals surface area contributed by atoms with Crippen LogP contribution in [0.25, 0.3) is 0 Å². The van der Waals surface area contributed by atoms with Gasteiger partial charge < -0.3 is 5.73 Å². The quantitative estimate of drug-likeness (QED) is 0.397. The number of rotatable bonds is 3. The number of amidine groups is 1. The highest BCUT2D eigenvalue weighted by molar-refractivity contribution is 6.45. The Kier molecular flexibility index (Phi) is 2.56. The Morgan fingerprint density at radius 1 is 1.44 bits per heavy atom. The molecule has 0 aliphatic heterocycles. The maximum Gasteiger partial charge on any atom is 0.201 e. The number of fused-ring (bicyclic) bond motifs is 1. The lowest BCUT2D eigenvalue weighted by Crippen LogP contribution is -2.22. The molecule has 2 rings (SSSR count). The van der Waals surface area contributed by atoms with Gasteiger partial charge in [0.05, 0.1) is 5.69 Å². The minimum Gasteiger partial charge on any atom is -0.382 e. The molecule has 5 heteroatoms. The SMILES string of the molecule is N#C/C(=N\Nc1ccc2c(c1)CC2)C(=N)N. The first-order valence-corrected chi connectivity index (χ1v) is 4.90. The van der Waals surface area contributed by atoms with Gasteiger partial charge in [-0.3, -0.25) is 10.8 Å². The summed E-state index contributed by atoms with van der Waals surface area (Å²) in [6, 6.07) is 7.68. The zero-order chi connectivity index (χ0) is 11.5. The molecule has 0 bridgehead atoms. The summed E-state index contributed by atoms with van der Waals surface area (Å²) in [5, 5.41) is 19.5. The zero-order valence-corrected chi connectivity index (χ0v) is 8.62. The number of anilines is 1. The molecule has 0 atom stereocenters. The fourth-order valence-electron chi connectivity index (χ4n) is 1.53. The van der Waals surface area contributed by atoms with Crippen LogP contribution in [0.5, 0.6) is 0 Å². The van der Waals surface area contributed by atoms with Crippen molar-refractivity contribution in [3.63, 3.8) is 0 Å². The van der Waals surface area contributed by atoms with Crippen LogP contribution in [0.1, 0.15) is 11.1 Å². The van der Waals surface area contributed by atoms with E-state index in [1.165, 1.54) is 11.1 Å². The minimum absolute atomic E-state index is 0.109. The second-order valence-corrected chi connectivity index (χ2v) is 3.58. The molecule has 80 valence electrons. The zero-order valence-electron chi connectivity index (χ0n) is 8.62. The van der Waals surface area contributed by atoms with Crippen LogP contribution in [0, 0.1) is 16.7 Å². The average molecular weight is 213 g/mol. The number of benzene rings is 1. The standard InChI is InChI=1S/C11H11N5/c12-6-10(11(13)14)16-15-9-4-3-7-1-2-8(7)5-9/h3-5,15H,1-2H2,(H3,13,14)/b16-10+. The summed E-state index contributed by atoms with van der Waals surface area (Å²) < 4.78 is 0. The molecule has 0 radical (unpaired) electrons. The third kappa shape index (κ3) is 1.86. The molecular formula is C11H11N5. The van der Waals surface area contributed by atoms with Gasteiger partial charge in [-0.2, -0.15) is 10.4 Å². The third-order valence-corrected chi connectivity index (χ3v) is 2.53. The van der Waals surface area contributed by atoms with Gasteiger partial charge >= 0.3 is 0 Å². The molecule has 1 aliphatic carbocycles. The lowest BCUT2D eigenvalue weighted by molar-refractivity contribution is 0.840. The third-order valence-electron chi connectivity index (χ3n) is 2.53. The van der Waals surface area contributed by atoms with Crippen LogP contribution in [-0.2, 0) is 12.8 Å². The molecule has 0 saturated heterocycles. The highest BCUT2D eigenvalue weighted by Gasteiger charge is 2.12. The Morgan fingerprint density at radius 2 is 2.19 bits per heavy atom. The molecule has 5 nitrogen and oxygen atoms in total. The molecule has 1 aliphatic rings. The van der Waals surface area contributed by atoms with E-state index in [2.05, 4.69) is 10.5 Å². The Morgan fingerprint density at radius 3 is 2.69 bits per heavy atom. The summed E-state index contributed by atoms with van der Waals surface area (Å²) in [7, 11) is 0. The molecular weight excluding hydrogens is 202 g/mol. The lowest BCUT2D eigenvalue weighted by Gasteiger charge is -2.18. The first kappa shape index (κ1) is 10.2. The normalized spacial score (nSPS) is 13.3. The van der Waals surface area contributed by atoms with Gasteiger partial charge in [-0.1, -0.05) is 6.07 Å². The van der Waals surface area contributed by atoms with E-state index in [0.29, 0.717) is 0 Å². The Labute approximate surface area is 93.1 Å². The van der Waals surface area contributed by atoms with Gasteiger partial charge in [0, 0.05) is 0 Å². The number of hydrogen-bond acceptors (Lipinski definition) is 4. The molecule has 0 aromatic heterocycles. The Bertz CT molecular complexity index is 510. The molecule has 0 fully saturated rings. The summed E-state index contributed by atoms with van der Waals surface area (Å²) in [4.78, 5) is 0. The van der Waals surface area contributed by atoms with Crippen molar-refractivity contribution >= 4 is 17.2 Å². The average Bonchev–Trinajstić information content (AvgIpc) is 2.22. The smallest absolute Gasteiger partial charge is 0.201 e. The van der Waals surface area contributed by atoms with E-state index in [1.54, 1.807) is 6.07 Å². The van der Waals surface area contributed by atoms with Gasteiger partial charge in [0.15, 0.2) is 5.84 Å². The molecule has 0 spiro atoms. The summed E-state index contributed by atoms with van der Waals surface area (Å²) in [6.45, 7) is 0. The highest BCUT2D eigenvalue weighted by Crippen LogP contribution is 2.25. The van der Waals surface area contributed by atoms with E-state index in [-0.39, 0.29) is 11.5 Å². The summed E-state index contributed by atoms with van der Waals surface area (Å²) in [6.07, 6.45) is 2.22. The van der Waals surface area contributed by atoms with Crippen LogP contribution < -0.4 is 11.2 Å². The van der Waals surface area contributed by atoms with Gasteiger partial charge in [0.25, 0.3) is 0 Å². The maximum absolute atomic E-state index is 8.64. The number of hydrazone groups is 1. The van der Waals surface area contributed by atoms with Crippen LogP contribution in [-0.4, -0.2) is 11.5 Å². The van der Waals surface area contributed by atoms with E-state index in [4.69, 9.17) is 16.4 Å². The summed E-state index contributed by atoms with van der Waals surface area (Å²) in [5.74, 6) is -0.334. The van der Waals surface area contributed by atoms with Crippen molar-refractivity contribution in [3.05, 3.63) is 29.3 Å². The van der Waals surface area contributed by atoms with Crippen LogP contribution in [0.2, 0.25) is 0 Å². The molecule has 16 heavy (non-hydrogen) atoms. The summed E-state index contributed by atoms with van der Waals surface area (Å²) in [5.41, 5.74) is 11.3. The van der Waals surface area contributed by atoms with Crippen LogP contribution in [0.4, 0.5) is 5.69 Å². The van der Waals surface area contributed by atoms with Crippen molar-refractivity contribution in [3.8, 4) is 6.07 Å². The fraction of sp³-hybridized carbons (Fsp3) is 0.182. The van der Waals surface area contributed by atoms with Crippen LogP contribution in [0.3, 0.4) is 0 Å². The Balaban J connectivity index is 2.13. The molecule has 4 N–H and O–H groups in total. The predicted molar refractivity (Wildman–Crippen MR) is 62.4 cm³/mol. The largest absolute Gasteiger partial charge is 0.382 e. The number of aryl methyl sites for hydroxylation is 2. The van der Waals surface area contributed by atoms with Gasteiger partial charge in [-0.15, -0.1) is 0 Å². The van der Waals surface area contributed by atoms with Gasteiger partial charge in [-0.25, -0.2) is 0 Å². The molecule has 0 unspecified atom stereocenters. The maximum atomic E-state index is 8.64. The lowest BCUT2D eigenvalue weighted by atomic mass is 9.88. The molecule has 1 aromatic carbocycles. The van der Waals surface area contributed by atoms with Crippen molar-refractivity contribution in [1.29, 1.82) is 10.7 Å². The summed E-state index contributed by atoms with van der Waals surface area (Å²) >= 11 is 0. The van der Waals surface area contributed by atoms with E-state index >= 15 is 0 Å². The second kappa shape index (κ2) is 4.03. The molecule has 0 saturated carbocycles. The van der Waals surface area contributed by atoms with E-state index in [9.17, 15) is 0 Å². The van der Waals surface area contributed by atoms with E-state index < -0.39 is 0 Å². The first-order valence-electron chi connectivity index (χ1n) is 4.90. The van der Waals surface area contributed by atoms with Gasteiger partial charge in [0.2, 0.25) is 5.71 Å². The van der Waals surface area contributed by atoms with Crippen molar-refractivity contribution in [2.24, 2.45) is 10.8 Å². The highest BCUT2D eigenvalue weighted by atomic mass is 15.3. The van der Waals surface area contributed by atoms with Gasteiger partial charge in [-0.05, 0) is 36.1 Å². The molecule has 0 amide bonds. The monoisotopic (exact) mass is 213 g/mol. The van der Waals surface area contributed by atoms with Crippen molar-refractivity contribution in [2.75, 3.05) is 5.43 Å². The Hall–Kier alpha value is -2.35. The van der Waals surface area contributed by atoms with Crippen LogP contribution in [0.15, 0.2) is 23.3 Å². The molecule has 1 aromatic rings. The second-order valence-electron chi connectivity index (χ2n) is 3.58. The first-order chi connectivity index (χ1) is 7.70. The number of nitrogens with zero attached hydrogens (tertiary/aromatic N) is 2. The topological polar surface area (TPSA) is 98.0 Å². The predicted octanol–water partition coefficient (Wildman–Crippen LogP) is 1.01. The van der Waals surface area contributed by atoms with Crippen molar-refractivity contribution < 1.29 is 0 Å². The van der Waals surface area contributed by atoms with Gasteiger partial charge in [0.1, 0.15) is 6.07 Å². The number of nitrogens with one attached hydrogen (secondary N) is 2. The number of nitriles is 1. The van der Waals surface area contributed by atoms with E-state index in [0.717, 1.165) is 18.5 Å². The van der Waals surface area contributed by atoms with Crippen LogP contribution >= 0.6 is 0 Å². The van der Waals surface area contributed by atoms with Crippen molar-refractivity contribution in [2.45, 2.75) is 12.8 Å². The van der Waals surface area contributed by atoms with Crippen molar-refractivity contribution in [1.82, 2.24) is 0 Å². The molecule has 0 heterocycles. The number of nitrogens with two attached hydrogens (primary N) is 1. The van der Waals surface area contributed by atoms with E-state index in [1.807, 2.05) is 18.2 Å². The minimum atomic E-state index is -0.334. The number of hydrogen-bond donors (Lipinski definition) is 3.